The predicted molar refractivity (Wildman–Crippen MR) is 78.4 cm³/mol. The first kappa shape index (κ1) is 15.0. The third kappa shape index (κ3) is 3.78. The van der Waals surface area contributed by atoms with Gasteiger partial charge in [0.2, 0.25) is 11.1 Å². The predicted octanol–water partition coefficient (Wildman–Crippen LogP) is 1.39. The number of carbonyl (C=O) groups is 2. The number of aromatic nitrogens is 4. The van der Waals surface area contributed by atoms with Crippen LogP contribution >= 0.6 is 11.8 Å². The molecule has 0 saturated carbocycles. The summed E-state index contributed by atoms with van der Waals surface area (Å²) in [5.74, 6) is -0.166. The summed E-state index contributed by atoms with van der Waals surface area (Å²) < 4.78 is 1.44. The van der Waals surface area contributed by atoms with Crippen LogP contribution in [0.15, 0.2) is 29.4 Å². The molecule has 0 bridgehead atoms. The lowest BCUT2D eigenvalue weighted by Crippen LogP contribution is -2.17. The highest BCUT2D eigenvalue weighted by Crippen LogP contribution is 2.22. The van der Waals surface area contributed by atoms with E-state index in [4.69, 9.17) is 0 Å². The zero-order valence-electron chi connectivity index (χ0n) is 11.8. The number of tetrazole rings is 1. The minimum absolute atomic E-state index is 0.166. The number of benzene rings is 1. The van der Waals surface area contributed by atoms with Gasteiger partial charge in [-0.15, -0.1) is 5.10 Å². The molecule has 1 N–H and O–H groups in total. The molecule has 1 heterocycles. The van der Waals surface area contributed by atoms with Crippen molar-refractivity contribution < 1.29 is 9.59 Å². The Hall–Kier alpha value is -2.42. The van der Waals surface area contributed by atoms with Crippen molar-refractivity contribution in [1.82, 2.24) is 25.1 Å². The van der Waals surface area contributed by atoms with Crippen molar-refractivity contribution in [2.24, 2.45) is 0 Å². The Morgan fingerprint density at radius 1 is 1.33 bits per heavy atom. The van der Waals surface area contributed by atoms with Gasteiger partial charge in [0.05, 0.1) is 5.69 Å². The van der Waals surface area contributed by atoms with E-state index in [0.717, 1.165) is 11.8 Å². The second-order valence-corrected chi connectivity index (χ2v) is 5.29. The van der Waals surface area contributed by atoms with Crippen molar-refractivity contribution >= 4 is 28.6 Å². The number of nitrogens with one attached hydrogen (secondary N) is 1. The van der Waals surface area contributed by atoms with Gasteiger partial charge >= 0.3 is 0 Å². The maximum atomic E-state index is 11.7. The summed E-state index contributed by atoms with van der Waals surface area (Å²) >= 11 is 0.926. The fourth-order valence-electron chi connectivity index (χ4n) is 1.49. The van der Waals surface area contributed by atoms with Crippen LogP contribution in [0.25, 0.3) is 5.69 Å². The quantitative estimate of drug-likeness (QED) is 0.861. The molecular formula is C12H14N6O2S. The summed E-state index contributed by atoms with van der Waals surface area (Å²) in [6.07, 6.45) is 0. The summed E-state index contributed by atoms with van der Waals surface area (Å²) in [4.78, 5) is 24.3. The Bertz CT molecular complexity index is 669. The summed E-state index contributed by atoms with van der Waals surface area (Å²) in [5.41, 5.74) is 1.28. The Kier molecular flexibility index (Phi) is 4.53. The van der Waals surface area contributed by atoms with Crippen LogP contribution in [0.3, 0.4) is 0 Å². The van der Waals surface area contributed by atoms with Gasteiger partial charge in [-0.2, -0.15) is 4.68 Å². The number of hydrogen-bond donors (Lipinski definition) is 1. The zero-order valence-corrected chi connectivity index (χ0v) is 12.6. The van der Waals surface area contributed by atoms with Crippen LogP contribution < -0.4 is 5.32 Å². The molecule has 9 heteroatoms. The lowest BCUT2D eigenvalue weighted by atomic mass is 10.3. The first-order valence-corrected chi connectivity index (χ1v) is 6.84. The molecule has 0 aliphatic carbocycles. The van der Waals surface area contributed by atoms with Gasteiger partial charge in [0, 0.05) is 38.5 Å². The summed E-state index contributed by atoms with van der Waals surface area (Å²) in [7, 11) is 3.31. The third-order valence-electron chi connectivity index (χ3n) is 2.40. The molecule has 110 valence electrons. The average Bonchev–Trinajstić information content (AvgIpc) is 2.86. The monoisotopic (exact) mass is 306 g/mol. The van der Waals surface area contributed by atoms with Crippen LogP contribution in [-0.2, 0) is 4.79 Å². The van der Waals surface area contributed by atoms with Gasteiger partial charge in [-0.3, -0.25) is 9.59 Å². The molecule has 0 atom stereocenters. The SMILES string of the molecule is CC(=O)Nc1cccc(-n2nnnc2SC(=O)N(C)C)c1. The van der Waals surface area contributed by atoms with Gasteiger partial charge in [0.1, 0.15) is 0 Å². The van der Waals surface area contributed by atoms with Gasteiger partial charge in [-0.1, -0.05) is 6.07 Å². The van der Waals surface area contributed by atoms with Crippen molar-refractivity contribution in [2.75, 3.05) is 19.4 Å². The highest BCUT2D eigenvalue weighted by Gasteiger charge is 2.15. The largest absolute Gasteiger partial charge is 0.339 e. The highest BCUT2D eigenvalue weighted by atomic mass is 32.2. The smallest absolute Gasteiger partial charge is 0.288 e. The highest BCUT2D eigenvalue weighted by molar-refractivity contribution is 8.13. The van der Waals surface area contributed by atoms with Crippen LogP contribution in [0.2, 0.25) is 0 Å². The van der Waals surface area contributed by atoms with E-state index in [9.17, 15) is 9.59 Å². The van der Waals surface area contributed by atoms with Gasteiger partial charge < -0.3 is 10.2 Å². The van der Waals surface area contributed by atoms with Crippen molar-refractivity contribution in [3.8, 4) is 5.69 Å². The van der Waals surface area contributed by atoms with E-state index in [1.54, 1.807) is 38.4 Å². The second kappa shape index (κ2) is 6.35. The van der Waals surface area contributed by atoms with Gasteiger partial charge in [0.25, 0.3) is 5.24 Å². The Morgan fingerprint density at radius 2 is 2.10 bits per heavy atom. The van der Waals surface area contributed by atoms with E-state index < -0.39 is 0 Å². The van der Waals surface area contributed by atoms with E-state index in [2.05, 4.69) is 20.8 Å². The van der Waals surface area contributed by atoms with Crippen LogP contribution in [0.5, 0.6) is 0 Å². The van der Waals surface area contributed by atoms with Gasteiger partial charge in [-0.25, -0.2) is 0 Å². The molecule has 0 unspecified atom stereocenters. The lowest BCUT2D eigenvalue weighted by molar-refractivity contribution is -0.114. The molecule has 0 radical (unpaired) electrons. The first-order chi connectivity index (χ1) is 9.97. The number of rotatable bonds is 3. The number of anilines is 1. The third-order valence-corrected chi connectivity index (χ3v) is 3.37. The molecule has 0 fully saturated rings. The molecule has 2 aromatic rings. The molecule has 2 rings (SSSR count). The molecule has 0 aliphatic rings. The van der Waals surface area contributed by atoms with Crippen molar-refractivity contribution in [2.45, 2.75) is 12.1 Å². The molecule has 0 saturated heterocycles. The molecule has 1 aromatic carbocycles. The number of amides is 2. The standard InChI is InChI=1S/C12H14N6O2S/c1-8(19)13-9-5-4-6-10(7-9)18-11(14-15-16-18)21-12(20)17(2)3/h4-7H,1-3H3,(H,13,19). The normalized spacial score (nSPS) is 10.2. The van der Waals surface area contributed by atoms with Gasteiger partial charge in [0.15, 0.2) is 0 Å². The first-order valence-electron chi connectivity index (χ1n) is 6.03. The van der Waals surface area contributed by atoms with Crippen LogP contribution in [0, 0.1) is 0 Å². The van der Waals surface area contributed by atoms with E-state index >= 15 is 0 Å². The Morgan fingerprint density at radius 3 is 2.76 bits per heavy atom. The minimum atomic E-state index is -0.177. The van der Waals surface area contributed by atoms with E-state index in [-0.39, 0.29) is 11.1 Å². The average molecular weight is 306 g/mol. The number of hydrogen-bond acceptors (Lipinski definition) is 6. The number of thioether (sulfide) groups is 1. The molecule has 21 heavy (non-hydrogen) atoms. The van der Waals surface area contributed by atoms with Crippen LogP contribution in [0.1, 0.15) is 6.92 Å². The molecule has 2 amide bonds. The second-order valence-electron chi connectivity index (χ2n) is 4.37. The van der Waals surface area contributed by atoms with Crippen molar-refractivity contribution in [3.05, 3.63) is 24.3 Å². The molecular weight excluding hydrogens is 292 g/mol. The van der Waals surface area contributed by atoms with E-state index in [1.807, 2.05) is 0 Å². The summed E-state index contributed by atoms with van der Waals surface area (Å²) in [6, 6.07) is 7.03. The van der Waals surface area contributed by atoms with Crippen LogP contribution in [0.4, 0.5) is 10.5 Å². The molecule has 0 aliphatic heterocycles. The Labute approximate surface area is 125 Å². The fraction of sp³-hybridized carbons (Fsp3) is 0.250. The van der Waals surface area contributed by atoms with E-state index in [1.165, 1.54) is 16.5 Å². The lowest BCUT2D eigenvalue weighted by Gasteiger charge is -2.09. The van der Waals surface area contributed by atoms with Gasteiger partial charge in [-0.05, 0) is 28.6 Å². The summed E-state index contributed by atoms with van der Waals surface area (Å²) in [5, 5.41) is 14.2. The maximum absolute atomic E-state index is 11.7. The van der Waals surface area contributed by atoms with Crippen molar-refractivity contribution in [3.63, 3.8) is 0 Å². The zero-order chi connectivity index (χ0) is 15.4. The number of nitrogens with zero attached hydrogens (tertiary/aromatic N) is 5. The topological polar surface area (TPSA) is 93.0 Å². The van der Waals surface area contributed by atoms with Crippen molar-refractivity contribution in [1.29, 1.82) is 0 Å². The molecule has 0 spiro atoms. The molecule has 1 aromatic heterocycles. The Balaban J connectivity index is 2.28. The van der Waals surface area contributed by atoms with Crippen LogP contribution in [-0.4, -0.2) is 50.3 Å². The van der Waals surface area contributed by atoms with E-state index in [0.29, 0.717) is 16.5 Å². The number of carbonyl (C=O) groups excluding carboxylic acids is 2. The molecule has 8 nitrogen and oxygen atoms in total. The minimum Gasteiger partial charge on any atom is -0.339 e. The summed E-state index contributed by atoms with van der Waals surface area (Å²) in [6.45, 7) is 1.43. The maximum Gasteiger partial charge on any atom is 0.288 e. The fourth-order valence-corrected chi connectivity index (χ4v) is 2.14.